The summed E-state index contributed by atoms with van der Waals surface area (Å²) in [6.45, 7) is 4.27. The molecule has 5 rings (SSSR count). The van der Waals surface area contributed by atoms with E-state index in [1.165, 1.54) is 25.7 Å². The summed E-state index contributed by atoms with van der Waals surface area (Å²) >= 11 is 0. The quantitative estimate of drug-likeness (QED) is 0.450. The van der Waals surface area contributed by atoms with E-state index in [0.717, 1.165) is 55.2 Å². The van der Waals surface area contributed by atoms with Crippen molar-refractivity contribution in [2.24, 2.45) is 17.1 Å². The number of pyridine rings is 1. The van der Waals surface area contributed by atoms with Gasteiger partial charge in [0.05, 0.1) is 18.0 Å². The topological polar surface area (TPSA) is 121 Å². The van der Waals surface area contributed by atoms with E-state index in [4.69, 9.17) is 11.0 Å². The average molecular weight is 510 g/mol. The minimum absolute atomic E-state index is 0.169. The van der Waals surface area contributed by atoms with Gasteiger partial charge in [-0.1, -0.05) is 31.9 Å². The van der Waals surface area contributed by atoms with E-state index in [0.29, 0.717) is 23.1 Å². The van der Waals surface area contributed by atoms with Crippen molar-refractivity contribution in [3.05, 3.63) is 66.1 Å². The van der Waals surface area contributed by atoms with Gasteiger partial charge < -0.3 is 16.0 Å². The van der Waals surface area contributed by atoms with Crippen LogP contribution in [0.2, 0.25) is 0 Å². The summed E-state index contributed by atoms with van der Waals surface area (Å²) in [7, 11) is 0. The smallest absolute Gasteiger partial charge is 0.248 e. The molecule has 8 heteroatoms. The number of nitrogens with zero attached hydrogens (tertiary/aromatic N) is 5. The third-order valence-corrected chi connectivity index (χ3v) is 8.07. The van der Waals surface area contributed by atoms with E-state index in [9.17, 15) is 4.79 Å². The highest BCUT2D eigenvalue weighted by Crippen LogP contribution is 2.41. The second kappa shape index (κ2) is 11.2. The molecule has 3 atom stereocenters. The zero-order valence-corrected chi connectivity index (χ0v) is 21.9. The molecule has 0 bridgehead atoms. The Morgan fingerprint density at radius 2 is 1.92 bits per heavy atom. The van der Waals surface area contributed by atoms with Gasteiger partial charge in [-0.05, 0) is 78.8 Å². The fourth-order valence-electron chi connectivity index (χ4n) is 6.20. The minimum Gasteiger partial charge on any atom is -0.367 e. The maximum atomic E-state index is 11.6. The van der Waals surface area contributed by atoms with Crippen LogP contribution in [0, 0.1) is 22.7 Å². The number of primary amides is 1. The van der Waals surface area contributed by atoms with Crippen LogP contribution in [0.25, 0.3) is 11.1 Å². The molecule has 8 nitrogen and oxygen atoms in total. The zero-order chi connectivity index (χ0) is 26.5. The predicted molar refractivity (Wildman–Crippen MR) is 148 cm³/mol. The SMILES string of the molecule is C[C@]1(C[C@@H]2CCCC[C@H]2Nc2cc(-c3cccc(C(N)=O)c3)ccn2)CCCN(c2ncc(C#N)cn2)C1. The number of nitrogens with two attached hydrogens (primary N) is 1. The molecule has 3 N–H and O–H groups in total. The van der Waals surface area contributed by atoms with Gasteiger partial charge in [-0.3, -0.25) is 4.79 Å². The summed E-state index contributed by atoms with van der Waals surface area (Å²) in [6, 6.07) is 13.9. The Morgan fingerprint density at radius 1 is 1.13 bits per heavy atom. The molecule has 3 heterocycles. The van der Waals surface area contributed by atoms with Gasteiger partial charge in [-0.25, -0.2) is 15.0 Å². The van der Waals surface area contributed by atoms with E-state index in [2.05, 4.69) is 44.2 Å². The highest BCUT2D eigenvalue weighted by Gasteiger charge is 2.37. The van der Waals surface area contributed by atoms with Crippen molar-refractivity contribution in [2.45, 2.75) is 57.9 Å². The van der Waals surface area contributed by atoms with Crippen LogP contribution in [-0.2, 0) is 0 Å². The van der Waals surface area contributed by atoms with Crippen molar-refractivity contribution in [3.8, 4) is 17.2 Å². The molecule has 38 heavy (non-hydrogen) atoms. The van der Waals surface area contributed by atoms with Gasteiger partial charge in [0.2, 0.25) is 11.9 Å². The van der Waals surface area contributed by atoms with Crippen molar-refractivity contribution in [1.82, 2.24) is 15.0 Å². The lowest BCUT2D eigenvalue weighted by Crippen LogP contribution is -2.45. The number of amides is 1. The normalized spacial score (nSPS) is 23.4. The van der Waals surface area contributed by atoms with Crippen molar-refractivity contribution in [3.63, 3.8) is 0 Å². The highest BCUT2D eigenvalue weighted by atomic mass is 16.1. The van der Waals surface area contributed by atoms with Gasteiger partial charge in [0.1, 0.15) is 11.9 Å². The standard InChI is InChI=1S/C30H35N7O/c1-30(11-5-13-37(20-30)29-34-18-21(17-31)19-35-29)16-25-6-2-3-9-26(25)36-27-15-23(10-12-33-27)22-7-4-8-24(14-22)28(32)38/h4,7-8,10,12,14-15,18-19,25-26H,2-3,5-6,9,11,13,16,20H2,1H3,(H2,32,38)(H,33,36)/t25-,26+,30+/m0/s1. The molecule has 0 unspecified atom stereocenters. The van der Waals surface area contributed by atoms with Crippen LogP contribution in [0.5, 0.6) is 0 Å². The van der Waals surface area contributed by atoms with Crippen molar-refractivity contribution in [1.29, 1.82) is 5.26 Å². The summed E-state index contributed by atoms with van der Waals surface area (Å²) in [6.07, 6.45) is 13.3. The number of hydrogen-bond donors (Lipinski definition) is 2. The van der Waals surface area contributed by atoms with E-state index in [1.54, 1.807) is 18.5 Å². The van der Waals surface area contributed by atoms with Gasteiger partial charge in [0.25, 0.3) is 0 Å². The number of carbonyl (C=O) groups is 1. The fourth-order valence-corrected chi connectivity index (χ4v) is 6.20. The molecule has 196 valence electrons. The number of nitriles is 1. The largest absolute Gasteiger partial charge is 0.367 e. The number of benzene rings is 1. The highest BCUT2D eigenvalue weighted by molar-refractivity contribution is 5.94. The monoisotopic (exact) mass is 509 g/mol. The van der Waals surface area contributed by atoms with Crippen LogP contribution < -0.4 is 16.0 Å². The first-order valence-electron chi connectivity index (χ1n) is 13.5. The van der Waals surface area contributed by atoms with Gasteiger partial charge >= 0.3 is 0 Å². The Bertz CT molecular complexity index is 1320. The maximum absolute atomic E-state index is 11.6. The van der Waals surface area contributed by atoms with Crippen molar-refractivity contribution in [2.75, 3.05) is 23.3 Å². The molecule has 1 saturated heterocycles. The molecular weight excluding hydrogens is 474 g/mol. The lowest BCUT2D eigenvalue weighted by Gasteiger charge is -2.44. The third-order valence-electron chi connectivity index (χ3n) is 8.07. The molecule has 2 fully saturated rings. The van der Waals surface area contributed by atoms with Gasteiger partial charge in [-0.15, -0.1) is 0 Å². The molecule has 1 aliphatic heterocycles. The number of hydrogen-bond acceptors (Lipinski definition) is 7. The van der Waals surface area contributed by atoms with Gasteiger partial charge in [0.15, 0.2) is 0 Å². The number of piperidine rings is 1. The second-order valence-electron chi connectivity index (χ2n) is 11.1. The Hall–Kier alpha value is -3.99. The van der Waals surface area contributed by atoms with E-state index in [1.807, 2.05) is 30.5 Å². The number of nitrogens with one attached hydrogen (secondary N) is 1. The molecule has 1 amide bonds. The number of aromatic nitrogens is 3. The van der Waals surface area contributed by atoms with Crippen molar-refractivity contribution < 1.29 is 4.79 Å². The second-order valence-corrected chi connectivity index (χ2v) is 11.1. The molecule has 0 spiro atoms. The molecule has 1 aromatic carbocycles. The molecule has 0 radical (unpaired) electrons. The Labute approximate surface area is 224 Å². The summed E-state index contributed by atoms with van der Waals surface area (Å²) in [5, 5.41) is 12.8. The van der Waals surface area contributed by atoms with Gasteiger partial charge in [0, 0.05) is 30.9 Å². The average Bonchev–Trinajstić information content (AvgIpc) is 2.94. The molecule has 1 saturated carbocycles. The Balaban J connectivity index is 1.28. The molecular formula is C30H35N7O. The summed E-state index contributed by atoms with van der Waals surface area (Å²) in [4.78, 5) is 27.5. The van der Waals surface area contributed by atoms with E-state index < -0.39 is 5.91 Å². The maximum Gasteiger partial charge on any atom is 0.248 e. The minimum atomic E-state index is -0.426. The van der Waals surface area contributed by atoms with Crippen LogP contribution in [-0.4, -0.2) is 40.0 Å². The van der Waals surface area contributed by atoms with Crippen molar-refractivity contribution >= 4 is 17.7 Å². The summed E-state index contributed by atoms with van der Waals surface area (Å²) < 4.78 is 0. The summed E-state index contributed by atoms with van der Waals surface area (Å²) in [5.41, 5.74) is 8.60. The summed E-state index contributed by atoms with van der Waals surface area (Å²) in [5.74, 6) is 1.71. The van der Waals surface area contributed by atoms with Gasteiger partial charge in [-0.2, -0.15) is 5.26 Å². The number of carbonyl (C=O) groups excluding carboxylic acids is 1. The van der Waals surface area contributed by atoms with Crippen LogP contribution in [0.3, 0.4) is 0 Å². The first kappa shape index (κ1) is 25.7. The van der Waals surface area contributed by atoms with Crippen LogP contribution >= 0.6 is 0 Å². The Kier molecular flexibility index (Phi) is 7.54. The zero-order valence-electron chi connectivity index (χ0n) is 21.9. The number of rotatable bonds is 7. The molecule has 2 aromatic heterocycles. The molecule has 1 aliphatic carbocycles. The molecule has 3 aromatic rings. The van der Waals surface area contributed by atoms with E-state index in [-0.39, 0.29) is 5.41 Å². The van der Waals surface area contributed by atoms with Crippen LogP contribution in [0.15, 0.2) is 55.0 Å². The lowest BCUT2D eigenvalue weighted by molar-refractivity contribution is 0.100. The first-order valence-corrected chi connectivity index (χ1v) is 13.5. The third kappa shape index (κ3) is 5.94. The van der Waals surface area contributed by atoms with Crippen LogP contribution in [0.4, 0.5) is 11.8 Å². The number of anilines is 2. The predicted octanol–water partition coefficient (Wildman–Crippen LogP) is 5.18. The molecule has 2 aliphatic rings. The first-order chi connectivity index (χ1) is 18.4. The fraction of sp³-hybridized carbons (Fsp3) is 0.433. The van der Waals surface area contributed by atoms with Crippen LogP contribution in [0.1, 0.15) is 67.8 Å². The van der Waals surface area contributed by atoms with E-state index >= 15 is 0 Å². The lowest BCUT2D eigenvalue weighted by atomic mass is 9.70. The Morgan fingerprint density at radius 3 is 2.71 bits per heavy atom.